The number of rotatable bonds is 10. The molecule has 0 aliphatic carbocycles. The van der Waals surface area contributed by atoms with Crippen LogP contribution in [0.3, 0.4) is 0 Å². The van der Waals surface area contributed by atoms with Crippen molar-refractivity contribution in [2.75, 3.05) is 18.5 Å². The Bertz CT molecular complexity index is 1430. The van der Waals surface area contributed by atoms with Crippen molar-refractivity contribution in [3.63, 3.8) is 0 Å². The summed E-state index contributed by atoms with van der Waals surface area (Å²) in [5.41, 5.74) is 4.17. The molecule has 0 fully saturated rings. The lowest BCUT2D eigenvalue weighted by molar-refractivity contribution is 0.326. The van der Waals surface area contributed by atoms with E-state index in [1.807, 2.05) is 61.5 Å². The number of halogens is 2. The summed E-state index contributed by atoms with van der Waals surface area (Å²) in [6, 6.07) is 22.2. The minimum atomic E-state index is -3.46. The first-order valence-corrected chi connectivity index (χ1v) is 13.4. The van der Waals surface area contributed by atoms with E-state index in [1.54, 1.807) is 18.2 Å². The zero-order chi connectivity index (χ0) is 24.8. The Balaban J connectivity index is 1.42. The average Bonchev–Trinajstić information content (AvgIpc) is 2.83. The van der Waals surface area contributed by atoms with Crippen LogP contribution < -0.4 is 14.8 Å². The molecule has 0 radical (unpaired) electrons. The number of benzene rings is 3. The fourth-order valence-corrected chi connectivity index (χ4v) is 5.11. The number of nitrogens with zero attached hydrogens (tertiary/aromatic N) is 1. The molecule has 0 saturated carbocycles. The number of aryl methyl sites for hydroxylation is 1. The quantitative estimate of drug-likeness (QED) is 0.247. The molecule has 4 rings (SSSR count). The number of nitrogens with one attached hydrogen (secondary N) is 2. The van der Waals surface area contributed by atoms with Gasteiger partial charge in [0.15, 0.2) is 0 Å². The molecule has 182 valence electrons. The van der Waals surface area contributed by atoms with E-state index in [2.05, 4.69) is 15.0 Å². The van der Waals surface area contributed by atoms with Gasteiger partial charge in [0.25, 0.3) is 0 Å². The summed E-state index contributed by atoms with van der Waals surface area (Å²) in [6.45, 7) is 2.80. The second kappa shape index (κ2) is 11.3. The third-order valence-electron chi connectivity index (χ3n) is 5.28. The van der Waals surface area contributed by atoms with Crippen LogP contribution in [0.2, 0.25) is 10.0 Å². The SMILES string of the molecule is Cc1cc(NCc2ccc(Cl)c(Cl)c2)c2cccc(OCCNS(=O)(=O)Cc3ccccc3)c2n1. The molecule has 0 aliphatic heterocycles. The second-order valence-corrected chi connectivity index (χ2v) is 10.7. The summed E-state index contributed by atoms with van der Waals surface area (Å²) in [6.07, 6.45) is 0. The van der Waals surface area contributed by atoms with Crippen LogP contribution in [0, 0.1) is 6.92 Å². The van der Waals surface area contributed by atoms with E-state index in [9.17, 15) is 8.42 Å². The highest BCUT2D eigenvalue weighted by molar-refractivity contribution is 7.88. The van der Waals surface area contributed by atoms with E-state index in [4.69, 9.17) is 27.9 Å². The molecule has 9 heteroatoms. The Kier molecular flexibility index (Phi) is 8.13. The largest absolute Gasteiger partial charge is 0.490 e. The number of hydrogen-bond acceptors (Lipinski definition) is 5. The van der Waals surface area contributed by atoms with Crippen LogP contribution in [-0.2, 0) is 22.3 Å². The van der Waals surface area contributed by atoms with Gasteiger partial charge in [-0.1, -0.05) is 71.7 Å². The topological polar surface area (TPSA) is 80.3 Å². The Morgan fingerprint density at radius 2 is 1.71 bits per heavy atom. The molecule has 35 heavy (non-hydrogen) atoms. The molecule has 2 N–H and O–H groups in total. The molecule has 0 saturated heterocycles. The third-order valence-corrected chi connectivity index (χ3v) is 7.37. The molecule has 1 aromatic heterocycles. The van der Waals surface area contributed by atoms with Gasteiger partial charge in [-0.15, -0.1) is 0 Å². The zero-order valence-electron chi connectivity index (χ0n) is 19.1. The number of anilines is 1. The number of aromatic nitrogens is 1. The van der Waals surface area contributed by atoms with Gasteiger partial charge in [0.1, 0.15) is 17.9 Å². The lowest BCUT2D eigenvalue weighted by Crippen LogP contribution is -2.29. The van der Waals surface area contributed by atoms with Crippen molar-refractivity contribution in [2.45, 2.75) is 19.2 Å². The summed E-state index contributed by atoms with van der Waals surface area (Å²) < 4.78 is 33.2. The molecule has 0 atom stereocenters. The van der Waals surface area contributed by atoms with Crippen LogP contribution in [0.1, 0.15) is 16.8 Å². The molecule has 0 aliphatic rings. The van der Waals surface area contributed by atoms with Crippen molar-refractivity contribution in [1.82, 2.24) is 9.71 Å². The smallest absolute Gasteiger partial charge is 0.215 e. The van der Waals surface area contributed by atoms with E-state index in [1.165, 1.54) is 0 Å². The first-order chi connectivity index (χ1) is 16.8. The number of sulfonamides is 1. The second-order valence-electron chi connectivity index (χ2n) is 8.05. The molecular formula is C26H25Cl2N3O3S. The van der Waals surface area contributed by atoms with Crippen LogP contribution in [-0.4, -0.2) is 26.6 Å². The van der Waals surface area contributed by atoms with E-state index in [0.717, 1.165) is 27.9 Å². The molecule has 1 heterocycles. The van der Waals surface area contributed by atoms with E-state index in [0.29, 0.717) is 27.9 Å². The van der Waals surface area contributed by atoms with Crippen molar-refractivity contribution in [1.29, 1.82) is 0 Å². The van der Waals surface area contributed by atoms with Gasteiger partial charge in [0.2, 0.25) is 10.0 Å². The summed E-state index contributed by atoms with van der Waals surface area (Å²) in [5.74, 6) is 0.516. The zero-order valence-corrected chi connectivity index (χ0v) is 21.4. The van der Waals surface area contributed by atoms with E-state index < -0.39 is 10.0 Å². The summed E-state index contributed by atoms with van der Waals surface area (Å²) in [7, 11) is -3.46. The van der Waals surface area contributed by atoms with Gasteiger partial charge in [-0.05, 0) is 42.3 Å². The molecule has 0 bridgehead atoms. The fourth-order valence-electron chi connectivity index (χ4n) is 3.66. The highest BCUT2D eigenvalue weighted by Crippen LogP contribution is 2.31. The number of hydrogen-bond donors (Lipinski definition) is 2. The van der Waals surface area contributed by atoms with Crippen molar-refractivity contribution >= 4 is 49.8 Å². The van der Waals surface area contributed by atoms with Gasteiger partial charge >= 0.3 is 0 Å². The minimum Gasteiger partial charge on any atom is -0.490 e. The van der Waals surface area contributed by atoms with E-state index in [-0.39, 0.29) is 18.9 Å². The van der Waals surface area contributed by atoms with Gasteiger partial charge < -0.3 is 10.1 Å². The van der Waals surface area contributed by atoms with E-state index >= 15 is 0 Å². The first-order valence-electron chi connectivity index (χ1n) is 11.0. The molecule has 0 amide bonds. The minimum absolute atomic E-state index is 0.0727. The predicted octanol–water partition coefficient (Wildman–Crippen LogP) is 5.96. The van der Waals surface area contributed by atoms with Gasteiger partial charge in [-0.3, -0.25) is 0 Å². The van der Waals surface area contributed by atoms with Crippen molar-refractivity contribution in [3.05, 3.63) is 99.7 Å². The monoisotopic (exact) mass is 529 g/mol. The van der Waals surface area contributed by atoms with Gasteiger partial charge in [-0.2, -0.15) is 0 Å². The predicted molar refractivity (Wildman–Crippen MR) is 143 cm³/mol. The first kappa shape index (κ1) is 25.3. The Labute approximate surface area is 215 Å². The lowest BCUT2D eigenvalue weighted by atomic mass is 10.1. The summed E-state index contributed by atoms with van der Waals surface area (Å²) in [4.78, 5) is 4.66. The van der Waals surface area contributed by atoms with Crippen LogP contribution in [0.5, 0.6) is 5.75 Å². The standard InChI is InChI=1S/C26H25Cl2N3O3S/c1-18-14-24(29-16-20-10-11-22(27)23(28)15-20)21-8-5-9-25(26(21)31-18)34-13-12-30-35(32,33)17-19-6-3-2-4-7-19/h2-11,14-15,30H,12-13,16-17H2,1H3,(H,29,31). The maximum absolute atomic E-state index is 12.3. The summed E-state index contributed by atoms with van der Waals surface area (Å²) in [5, 5.41) is 5.37. The Hall–Kier alpha value is -2.84. The Morgan fingerprint density at radius 3 is 2.49 bits per heavy atom. The maximum Gasteiger partial charge on any atom is 0.215 e. The number of fused-ring (bicyclic) bond motifs is 1. The fraction of sp³-hybridized carbons (Fsp3) is 0.192. The molecular weight excluding hydrogens is 505 g/mol. The van der Waals surface area contributed by atoms with Crippen LogP contribution >= 0.6 is 23.2 Å². The van der Waals surface area contributed by atoms with Gasteiger partial charge in [0, 0.05) is 29.9 Å². The highest BCUT2D eigenvalue weighted by atomic mass is 35.5. The normalized spacial score (nSPS) is 11.5. The molecule has 6 nitrogen and oxygen atoms in total. The average molecular weight is 530 g/mol. The molecule has 3 aromatic carbocycles. The number of para-hydroxylation sites is 1. The van der Waals surface area contributed by atoms with Crippen LogP contribution in [0.15, 0.2) is 72.8 Å². The maximum atomic E-state index is 12.3. The Morgan fingerprint density at radius 1 is 0.914 bits per heavy atom. The molecule has 4 aromatic rings. The van der Waals surface area contributed by atoms with Crippen LogP contribution in [0.4, 0.5) is 5.69 Å². The van der Waals surface area contributed by atoms with Crippen molar-refractivity contribution in [2.24, 2.45) is 0 Å². The number of pyridine rings is 1. The highest BCUT2D eigenvalue weighted by Gasteiger charge is 2.12. The molecule has 0 unspecified atom stereocenters. The lowest BCUT2D eigenvalue weighted by Gasteiger charge is -2.14. The van der Waals surface area contributed by atoms with Crippen LogP contribution in [0.25, 0.3) is 10.9 Å². The summed E-state index contributed by atoms with van der Waals surface area (Å²) >= 11 is 12.2. The van der Waals surface area contributed by atoms with Gasteiger partial charge in [0.05, 0.1) is 15.8 Å². The van der Waals surface area contributed by atoms with Crippen molar-refractivity contribution < 1.29 is 13.2 Å². The third kappa shape index (κ3) is 6.86. The number of ether oxygens (including phenoxy) is 1. The van der Waals surface area contributed by atoms with Crippen molar-refractivity contribution in [3.8, 4) is 5.75 Å². The van der Waals surface area contributed by atoms with Gasteiger partial charge in [-0.25, -0.2) is 18.1 Å². The molecule has 0 spiro atoms.